The number of aromatic nitrogens is 1. The Morgan fingerprint density at radius 3 is 2.19 bits per heavy atom. The standard InChI is InChI=1S/C24H22N2O4.Na/c1-14-9-15(2)11-16(10-14)12-26-18-6-3-5-17(24(25)29)22(18)23-19(26)7-4-8-20(23)30-13-21(27)28;/h3-11H,12-13H2,1-2H3,(H2,25,29)(H,27,28);/q;+1/p-1. The van der Waals surface area contributed by atoms with Gasteiger partial charge in [0.2, 0.25) is 5.91 Å². The number of ether oxygens (including phenoxy) is 1. The Hall–Kier alpha value is -2.80. The van der Waals surface area contributed by atoms with Gasteiger partial charge in [0, 0.05) is 17.5 Å². The minimum atomic E-state index is -1.32. The zero-order valence-corrected chi connectivity index (χ0v) is 19.8. The Morgan fingerprint density at radius 1 is 0.968 bits per heavy atom. The summed E-state index contributed by atoms with van der Waals surface area (Å²) in [5, 5.41) is 12.3. The largest absolute Gasteiger partial charge is 1.00 e. The molecule has 0 saturated carbocycles. The van der Waals surface area contributed by atoms with Gasteiger partial charge < -0.3 is 24.9 Å². The van der Waals surface area contributed by atoms with E-state index in [0.29, 0.717) is 28.6 Å². The predicted octanol–water partition coefficient (Wildman–Crippen LogP) is -0.309. The molecule has 31 heavy (non-hydrogen) atoms. The van der Waals surface area contributed by atoms with E-state index in [-0.39, 0.29) is 29.6 Å². The number of amides is 1. The first-order valence-electron chi connectivity index (χ1n) is 9.58. The molecule has 0 unspecified atom stereocenters. The van der Waals surface area contributed by atoms with Crippen molar-refractivity contribution in [2.24, 2.45) is 5.73 Å². The number of carboxylic acid groups (broad SMARTS) is 1. The van der Waals surface area contributed by atoms with Crippen molar-refractivity contribution in [2.75, 3.05) is 6.61 Å². The smallest absolute Gasteiger partial charge is 0.546 e. The fraction of sp³-hybridized carbons (Fsp3) is 0.167. The number of carboxylic acids is 1. The monoisotopic (exact) mass is 424 g/mol. The zero-order valence-electron chi connectivity index (χ0n) is 17.8. The van der Waals surface area contributed by atoms with Crippen molar-refractivity contribution in [3.8, 4) is 5.75 Å². The molecule has 1 heterocycles. The average molecular weight is 424 g/mol. The number of hydrogen-bond acceptors (Lipinski definition) is 4. The average Bonchev–Trinajstić information content (AvgIpc) is 3.00. The molecule has 0 bridgehead atoms. The van der Waals surface area contributed by atoms with Crippen molar-refractivity contribution in [1.82, 2.24) is 4.57 Å². The minimum absolute atomic E-state index is 0. The summed E-state index contributed by atoms with van der Waals surface area (Å²) in [5.41, 5.74) is 11.1. The quantitative estimate of drug-likeness (QED) is 0.430. The Balaban J connectivity index is 0.00000272. The van der Waals surface area contributed by atoms with Crippen LogP contribution < -0.4 is 45.1 Å². The summed E-state index contributed by atoms with van der Waals surface area (Å²) in [6.07, 6.45) is 0. The van der Waals surface area contributed by atoms with Gasteiger partial charge >= 0.3 is 29.6 Å². The van der Waals surface area contributed by atoms with Crippen molar-refractivity contribution in [3.05, 3.63) is 76.9 Å². The van der Waals surface area contributed by atoms with Crippen LogP contribution in [0.4, 0.5) is 0 Å². The van der Waals surface area contributed by atoms with E-state index in [0.717, 1.165) is 16.6 Å². The second-order valence-electron chi connectivity index (χ2n) is 7.46. The van der Waals surface area contributed by atoms with Crippen LogP contribution in [0.25, 0.3) is 21.8 Å². The summed E-state index contributed by atoms with van der Waals surface area (Å²) in [6.45, 7) is 4.11. The molecule has 0 aliphatic carbocycles. The van der Waals surface area contributed by atoms with Gasteiger partial charge in [-0.3, -0.25) is 4.79 Å². The minimum Gasteiger partial charge on any atom is -0.546 e. The van der Waals surface area contributed by atoms with Gasteiger partial charge in [-0.2, -0.15) is 0 Å². The molecule has 1 amide bonds. The molecule has 0 aliphatic rings. The van der Waals surface area contributed by atoms with Crippen LogP contribution in [0.3, 0.4) is 0 Å². The number of nitrogens with zero attached hydrogens (tertiary/aromatic N) is 1. The molecule has 2 N–H and O–H groups in total. The second kappa shape index (κ2) is 9.14. The number of aryl methyl sites for hydroxylation is 2. The third-order valence-electron chi connectivity index (χ3n) is 5.11. The molecule has 3 aromatic carbocycles. The van der Waals surface area contributed by atoms with Crippen molar-refractivity contribution in [1.29, 1.82) is 0 Å². The number of hydrogen-bond donors (Lipinski definition) is 1. The number of aliphatic carboxylic acids is 1. The molecule has 0 aliphatic heterocycles. The number of carbonyl (C=O) groups is 2. The van der Waals surface area contributed by atoms with Gasteiger partial charge in [0.15, 0.2) is 0 Å². The van der Waals surface area contributed by atoms with Gasteiger partial charge in [-0.1, -0.05) is 41.5 Å². The molecule has 1 aromatic heterocycles. The molecule has 4 rings (SSSR count). The summed E-state index contributed by atoms with van der Waals surface area (Å²) in [4.78, 5) is 23.1. The van der Waals surface area contributed by atoms with Crippen molar-refractivity contribution in [2.45, 2.75) is 20.4 Å². The zero-order chi connectivity index (χ0) is 21.4. The maximum absolute atomic E-state index is 12.2. The summed E-state index contributed by atoms with van der Waals surface area (Å²) in [5.74, 6) is -1.50. The maximum atomic E-state index is 12.2. The molecule has 0 atom stereocenters. The molecule has 7 heteroatoms. The first-order valence-corrected chi connectivity index (χ1v) is 9.58. The Morgan fingerprint density at radius 2 is 1.58 bits per heavy atom. The molecule has 152 valence electrons. The third-order valence-corrected chi connectivity index (χ3v) is 5.11. The molecule has 0 spiro atoms. The number of benzene rings is 3. The molecule has 0 radical (unpaired) electrons. The maximum Gasteiger partial charge on any atom is 1.00 e. The van der Waals surface area contributed by atoms with Crippen molar-refractivity contribution in [3.63, 3.8) is 0 Å². The van der Waals surface area contributed by atoms with Crippen molar-refractivity contribution < 1.29 is 49.0 Å². The number of fused-ring (bicyclic) bond motifs is 3. The van der Waals surface area contributed by atoms with Crippen LogP contribution in [0.1, 0.15) is 27.0 Å². The normalized spacial score (nSPS) is 10.8. The third kappa shape index (κ3) is 4.46. The second-order valence-corrected chi connectivity index (χ2v) is 7.46. The fourth-order valence-electron chi connectivity index (χ4n) is 4.13. The molecule has 0 saturated heterocycles. The van der Waals surface area contributed by atoms with E-state index in [2.05, 4.69) is 36.6 Å². The van der Waals surface area contributed by atoms with E-state index in [1.807, 2.05) is 12.1 Å². The van der Waals surface area contributed by atoms with Crippen LogP contribution in [0, 0.1) is 13.8 Å². The van der Waals surface area contributed by atoms with Gasteiger partial charge in [0.25, 0.3) is 0 Å². The van der Waals surface area contributed by atoms with Gasteiger partial charge in [-0.25, -0.2) is 0 Å². The summed E-state index contributed by atoms with van der Waals surface area (Å²) in [7, 11) is 0. The van der Waals surface area contributed by atoms with Gasteiger partial charge in [-0.15, -0.1) is 0 Å². The molecule has 6 nitrogen and oxygen atoms in total. The van der Waals surface area contributed by atoms with Gasteiger partial charge in [0.05, 0.1) is 22.4 Å². The van der Waals surface area contributed by atoms with E-state index >= 15 is 0 Å². The SMILES string of the molecule is Cc1cc(C)cc(Cn2c3cccc(OCC(=O)[O-])c3c3c(C(N)=O)cccc32)c1.[Na+]. The first-order chi connectivity index (χ1) is 14.3. The van der Waals surface area contributed by atoms with Crippen LogP contribution in [0.2, 0.25) is 0 Å². The molecule has 0 fully saturated rings. The number of rotatable bonds is 6. The number of nitrogens with two attached hydrogens (primary N) is 1. The van der Waals surface area contributed by atoms with Gasteiger partial charge in [-0.05, 0) is 43.7 Å². The number of carbonyl (C=O) groups excluding carboxylic acids is 2. The van der Waals surface area contributed by atoms with Crippen LogP contribution in [0.5, 0.6) is 5.75 Å². The van der Waals surface area contributed by atoms with Crippen LogP contribution in [-0.4, -0.2) is 23.1 Å². The summed E-state index contributed by atoms with van der Waals surface area (Å²) >= 11 is 0. The molecule has 4 aromatic rings. The summed E-state index contributed by atoms with van der Waals surface area (Å²) < 4.78 is 7.59. The van der Waals surface area contributed by atoms with Gasteiger partial charge in [0.1, 0.15) is 12.4 Å². The Bertz CT molecular complexity index is 1290. The Kier molecular flexibility index (Phi) is 6.74. The van der Waals surface area contributed by atoms with E-state index in [4.69, 9.17) is 10.5 Å². The van der Waals surface area contributed by atoms with Crippen LogP contribution in [0.15, 0.2) is 54.6 Å². The predicted molar refractivity (Wildman–Crippen MR) is 113 cm³/mol. The Labute approximate surface area is 201 Å². The molecular formula is C24H21N2NaO4. The first kappa shape index (κ1) is 22.9. The van der Waals surface area contributed by atoms with E-state index in [9.17, 15) is 14.7 Å². The topological polar surface area (TPSA) is 97.4 Å². The summed E-state index contributed by atoms with van der Waals surface area (Å²) in [6, 6.07) is 17.2. The van der Waals surface area contributed by atoms with E-state index in [1.165, 1.54) is 11.1 Å². The van der Waals surface area contributed by atoms with E-state index in [1.54, 1.807) is 24.3 Å². The number of primary amides is 1. The van der Waals surface area contributed by atoms with E-state index < -0.39 is 18.5 Å². The fourth-order valence-corrected chi connectivity index (χ4v) is 4.13. The molecular weight excluding hydrogens is 403 g/mol. The van der Waals surface area contributed by atoms with Crippen LogP contribution in [-0.2, 0) is 11.3 Å². The van der Waals surface area contributed by atoms with Crippen LogP contribution >= 0.6 is 0 Å². The van der Waals surface area contributed by atoms with Crippen molar-refractivity contribution >= 4 is 33.7 Å².